The summed E-state index contributed by atoms with van der Waals surface area (Å²) >= 11 is 0. The van der Waals surface area contributed by atoms with E-state index in [0.29, 0.717) is 34.4 Å². The number of carbonyl (C=O) groups is 2. The number of rotatable bonds is 4. The van der Waals surface area contributed by atoms with Gasteiger partial charge >= 0.3 is 5.97 Å². The molecule has 0 atom stereocenters. The molecule has 3 aromatic rings. The van der Waals surface area contributed by atoms with Crippen LogP contribution in [0.3, 0.4) is 0 Å². The molecule has 1 heterocycles. The van der Waals surface area contributed by atoms with E-state index in [2.05, 4.69) is 0 Å². The molecule has 3 heteroatoms. The van der Waals surface area contributed by atoms with Crippen LogP contribution in [0.5, 0.6) is 0 Å². The third kappa shape index (κ3) is 3.32. The lowest BCUT2D eigenvalue weighted by Crippen LogP contribution is -2.10. The Balaban J connectivity index is 1.85. The predicted octanol–water partition coefficient (Wildman–Crippen LogP) is 5.00. The third-order valence-corrected chi connectivity index (χ3v) is 4.67. The van der Waals surface area contributed by atoms with Crippen molar-refractivity contribution in [1.29, 1.82) is 0 Å². The first-order chi connectivity index (χ1) is 13.1. The van der Waals surface area contributed by atoms with E-state index in [4.69, 9.17) is 4.74 Å². The lowest BCUT2D eigenvalue weighted by atomic mass is 9.93. The van der Waals surface area contributed by atoms with Gasteiger partial charge in [-0.15, -0.1) is 0 Å². The number of fused-ring (bicyclic) bond motifs is 1. The lowest BCUT2D eigenvalue weighted by Gasteiger charge is -2.11. The molecule has 0 amide bonds. The maximum absolute atomic E-state index is 13.3. The molecule has 4 rings (SSSR count). The van der Waals surface area contributed by atoms with E-state index in [9.17, 15) is 9.59 Å². The van der Waals surface area contributed by atoms with Gasteiger partial charge in [-0.25, -0.2) is 4.79 Å². The van der Waals surface area contributed by atoms with E-state index in [0.717, 1.165) is 11.1 Å². The molecular formula is C24H18O3. The van der Waals surface area contributed by atoms with Gasteiger partial charge in [0.15, 0.2) is 5.78 Å². The minimum Gasteiger partial charge on any atom is -0.422 e. The number of carbonyl (C=O) groups excluding carboxylic acids is 2. The van der Waals surface area contributed by atoms with Crippen LogP contribution in [0.2, 0.25) is 0 Å². The van der Waals surface area contributed by atoms with Crippen molar-refractivity contribution in [1.82, 2.24) is 0 Å². The summed E-state index contributed by atoms with van der Waals surface area (Å²) in [6.07, 6.45) is 0.393. The number of ketones is 1. The quantitative estimate of drug-likeness (QED) is 0.376. The van der Waals surface area contributed by atoms with E-state index in [-0.39, 0.29) is 5.78 Å². The van der Waals surface area contributed by atoms with Crippen LogP contribution < -0.4 is 0 Å². The highest BCUT2D eigenvalue weighted by Crippen LogP contribution is 2.34. The number of allylic oxidation sites excluding steroid dienone is 1. The summed E-state index contributed by atoms with van der Waals surface area (Å²) in [6, 6.07) is 24.4. The largest absolute Gasteiger partial charge is 0.422 e. The standard InChI is InChI=1S/C24H18O3/c1-16-11-13-18(14-12-16)22(25)21(15-17-7-3-2-4-8-17)23-19-9-5-6-10-20(19)24(26)27-23/h2-14H,15H2,1H3/b23-21+. The summed E-state index contributed by atoms with van der Waals surface area (Å²) in [4.78, 5) is 25.6. The van der Waals surface area contributed by atoms with Gasteiger partial charge in [-0.05, 0) is 18.6 Å². The molecule has 0 bridgehead atoms. The van der Waals surface area contributed by atoms with Gasteiger partial charge in [0.05, 0.1) is 5.56 Å². The molecule has 1 aliphatic heterocycles. The number of benzene rings is 3. The molecule has 0 N–H and O–H groups in total. The van der Waals surface area contributed by atoms with Crippen LogP contribution in [-0.2, 0) is 11.2 Å². The summed E-state index contributed by atoms with van der Waals surface area (Å²) in [5.41, 5.74) is 4.31. The number of hydrogen-bond donors (Lipinski definition) is 0. The van der Waals surface area contributed by atoms with Gasteiger partial charge < -0.3 is 4.74 Å². The zero-order chi connectivity index (χ0) is 18.8. The summed E-state index contributed by atoms with van der Waals surface area (Å²) in [5, 5.41) is 0. The van der Waals surface area contributed by atoms with Gasteiger partial charge in [0, 0.05) is 23.1 Å². The van der Waals surface area contributed by atoms with Crippen LogP contribution in [0.15, 0.2) is 84.4 Å². The smallest absolute Gasteiger partial charge is 0.344 e. The third-order valence-electron chi connectivity index (χ3n) is 4.67. The van der Waals surface area contributed by atoms with Crippen molar-refractivity contribution in [2.24, 2.45) is 0 Å². The van der Waals surface area contributed by atoms with E-state index < -0.39 is 5.97 Å². The monoisotopic (exact) mass is 354 g/mol. The number of cyclic esters (lactones) is 1. The predicted molar refractivity (Wildman–Crippen MR) is 104 cm³/mol. The molecule has 27 heavy (non-hydrogen) atoms. The molecule has 3 nitrogen and oxygen atoms in total. The molecule has 0 fully saturated rings. The fourth-order valence-electron chi connectivity index (χ4n) is 3.23. The van der Waals surface area contributed by atoms with Crippen molar-refractivity contribution in [3.05, 3.63) is 112 Å². The molecule has 0 aromatic heterocycles. The highest BCUT2D eigenvalue weighted by Gasteiger charge is 2.31. The zero-order valence-corrected chi connectivity index (χ0v) is 14.9. The Labute approximate surface area is 157 Å². The number of hydrogen-bond acceptors (Lipinski definition) is 3. The fourth-order valence-corrected chi connectivity index (χ4v) is 3.23. The minimum absolute atomic E-state index is 0.127. The Morgan fingerprint density at radius 1 is 0.815 bits per heavy atom. The van der Waals surface area contributed by atoms with Gasteiger partial charge in [-0.1, -0.05) is 78.4 Å². The maximum atomic E-state index is 13.3. The Morgan fingerprint density at radius 3 is 2.15 bits per heavy atom. The van der Waals surface area contributed by atoms with Crippen LogP contribution >= 0.6 is 0 Å². The van der Waals surface area contributed by atoms with Crippen molar-refractivity contribution >= 4 is 17.5 Å². The first kappa shape index (κ1) is 17.0. The lowest BCUT2D eigenvalue weighted by molar-refractivity contribution is 0.0714. The van der Waals surface area contributed by atoms with Crippen LogP contribution in [0.25, 0.3) is 5.76 Å². The van der Waals surface area contributed by atoms with Crippen molar-refractivity contribution in [3.8, 4) is 0 Å². The number of Topliss-reactive ketones (excluding diaryl/α,β-unsaturated/α-hetero) is 1. The average molecular weight is 354 g/mol. The van der Waals surface area contributed by atoms with Crippen LogP contribution in [0.1, 0.15) is 37.4 Å². The minimum atomic E-state index is -0.414. The summed E-state index contributed by atoms with van der Waals surface area (Å²) < 4.78 is 5.55. The normalized spacial score (nSPS) is 14.5. The number of ether oxygens (including phenoxy) is 1. The fraction of sp³-hybridized carbons (Fsp3) is 0.0833. The molecular weight excluding hydrogens is 336 g/mol. The molecule has 0 unspecified atom stereocenters. The van der Waals surface area contributed by atoms with Gasteiger partial charge in [0.2, 0.25) is 0 Å². The second-order valence-electron chi connectivity index (χ2n) is 6.60. The van der Waals surface area contributed by atoms with Gasteiger partial charge in [0.25, 0.3) is 0 Å². The van der Waals surface area contributed by atoms with E-state index in [1.165, 1.54) is 0 Å². The Hall–Kier alpha value is -3.46. The van der Waals surface area contributed by atoms with E-state index in [1.54, 1.807) is 12.1 Å². The molecule has 1 aliphatic rings. The average Bonchev–Trinajstić information content (AvgIpc) is 3.04. The van der Waals surface area contributed by atoms with Crippen molar-refractivity contribution < 1.29 is 14.3 Å². The molecule has 0 spiro atoms. The molecule has 0 saturated carbocycles. The maximum Gasteiger partial charge on any atom is 0.344 e. The first-order valence-corrected chi connectivity index (χ1v) is 8.83. The summed E-state index contributed by atoms with van der Waals surface area (Å²) in [6.45, 7) is 1.98. The van der Waals surface area contributed by atoms with Crippen LogP contribution in [0, 0.1) is 6.92 Å². The summed E-state index contributed by atoms with van der Waals surface area (Å²) in [5.74, 6) is -0.175. The van der Waals surface area contributed by atoms with Gasteiger partial charge in [-0.2, -0.15) is 0 Å². The Bertz CT molecular complexity index is 1040. The molecule has 0 aliphatic carbocycles. The van der Waals surface area contributed by atoms with Gasteiger partial charge in [-0.3, -0.25) is 4.79 Å². The molecule has 3 aromatic carbocycles. The highest BCUT2D eigenvalue weighted by molar-refractivity contribution is 6.16. The molecule has 0 saturated heterocycles. The van der Waals surface area contributed by atoms with Crippen molar-refractivity contribution in [2.75, 3.05) is 0 Å². The number of aryl methyl sites for hydroxylation is 1. The van der Waals surface area contributed by atoms with Gasteiger partial charge in [0.1, 0.15) is 5.76 Å². The topological polar surface area (TPSA) is 43.4 Å². The zero-order valence-electron chi connectivity index (χ0n) is 14.9. The number of esters is 1. The second-order valence-corrected chi connectivity index (χ2v) is 6.60. The van der Waals surface area contributed by atoms with Crippen LogP contribution in [-0.4, -0.2) is 11.8 Å². The SMILES string of the molecule is Cc1ccc(C(=O)/C(Cc2ccccc2)=C2/OC(=O)c3ccccc32)cc1. The van der Waals surface area contributed by atoms with Crippen molar-refractivity contribution in [3.63, 3.8) is 0 Å². The molecule has 132 valence electrons. The van der Waals surface area contributed by atoms with E-state index in [1.807, 2.05) is 73.7 Å². The first-order valence-electron chi connectivity index (χ1n) is 8.83. The Morgan fingerprint density at radius 2 is 1.44 bits per heavy atom. The van der Waals surface area contributed by atoms with E-state index >= 15 is 0 Å². The summed E-state index contributed by atoms with van der Waals surface area (Å²) in [7, 11) is 0. The van der Waals surface area contributed by atoms with Crippen molar-refractivity contribution in [2.45, 2.75) is 13.3 Å². The highest BCUT2D eigenvalue weighted by atomic mass is 16.5. The van der Waals surface area contributed by atoms with Crippen LogP contribution in [0.4, 0.5) is 0 Å². The molecule has 0 radical (unpaired) electrons. The second kappa shape index (κ2) is 7.04. The Kier molecular flexibility index (Phi) is 4.43.